The highest BCUT2D eigenvalue weighted by molar-refractivity contribution is 5.18. The molecule has 1 unspecified atom stereocenters. The summed E-state index contributed by atoms with van der Waals surface area (Å²) in [6, 6.07) is 11.4. The highest BCUT2D eigenvalue weighted by Gasteiger charge is 2.21. The lowest BCUT2D eigenvalue weighted by Gasteiger charge is -2.21. The molecule has 94 valence electrons. The molecule has 1 heteroatoms. The number of hydrogen-bond acceptors (Lipinski definition) is 1. The third-order valence-electron chi connectivity index (χ3n) is 3.55. The van der Waals surface area contributed by atoms with Crippen LogP contribution in [0.15, 0.2) is 30.3 Å². The SMILES string of the molecule is CC(C)CC(NCCC1CC1)c1ccccc1. The molecular weight excluding hydrogens is 206 g/mol. The summed E-state index contributed by atoms with van der Waals surface area (Å²) in [5.74, 6) is 1.77. The first kappa shape index (κ1) is 12.6. The Labute approximate surface area is 106 Å². The third kappa shape index (κ3) is 4.51. The average molecular weight is 231 g/mol. The Morgan fingerprint density at radius 1 is 1.18 bits per heavy atom. The van der Waals surface area contributed by atoms with Gasteiger partial charge in [0.1, 0.15) is 0 Å². The van der Waals surface area contributed by atoms with E-state index in [0.29, 0.717) is 6.04 Å². The van der Waals surface area contributed by atoms with Crippen LogP contribution in [0.5, 0.6) is 0 Å². The summed E-state index contributed by atoms with van der Waals surface area (Å²) < 4.78 is 0. The van der Waals surface area contributed by atoms with Crippen molar-refractivity contribution in [3.8, 4) is 0 Å². The predicted molar refractivity (Wildman–Crippen MR) is 74.0 cm³/mol. The van der Waals surface area contributed by atoms with Gasteiger partial charge >= 0.3 is 0 Å². The lowest BCUT2D eigenvalue weighted by Crippen LogP contribution is -2.24. The molecule has 0 bridgehead atoms. The minimum absolute atomic E-state index is 0.537. The lowest BCUT2D eigenvalue weighted by atomic mass is 9.97. The van der Waals surface area contributed by atoms with Crippen molar-refractivity contribution < 1.29 is 0 Å². The standard InChI is InChI=1S/C16H25N/c1-13(2)12-16(15-6-4-3-5-7-15)17-11-10-14-8-9-14/h3-7,13-14,16-17H,8-12H2,1-2H3. The van der Waals surface area contributed by atoms with Crippen molar-refractivity contribution in [1.29, 1.82) is 0 Å². The van der Waals surface area contributed by atoms with E-state index < -0.39 is 0 Å². The maximum atomic E-state index is 3.74. The molecule has 1 aromatic rings. The molecule has 0 saturated heterocycles. The van der Waals surface area contributed by atoms with E-state index in [0.717, 1.165) is 11.8 Å². The summed E-state index contributed by atoms with van der Waals surface area (Å²) in [6.07, 6.45) is 5.51. The van der Waals surface area contributed by atoms with Gasteiger partial charge in [0.25, 0.3) is 0 Å². The van der Waals surface area contributed by atoms with E-state index in [1.54, 1.807) is 0 Å². The zero-order valence-corrected chi connectivity index (χ0v) is 11.2. The van der Waals surface area contributed by atoms with Gasteiger partial charge in [-0.25, -0.2) is 0 Å². The molecule has 0 radical (unpaired) electrons. The van der Waals surface area contributed by atoms with Gasteiger partial charge in [-0.2, -0.15) is 0 Å². The molecule has 1 nitrogen and oxygen atoms in total. The van der Waals surface area contributed by atoms with Crippen LogP contribution in [0.2, 0.25) is 0 Å². The number of rotatable bonds is 7. The van der Waals surface area contributed by atoms with Gasteiger partial charge in [0, 0.05) is 6.04 Å². The van der Waals surface area contributed by atoms with Crippen LogP contribution in [-0.4, -0.2) is 6.54 Å². The Hall–Kier alpha value is -0.820. The Bertz CT molecular complexity index is 314. The fraction of sp³-hybridized carbons (Fsp3) is 0.625. The number of hydrogen-bond donors (Lipinski definition) is 1. The predicted octanol–water partition coefficient (Wildman–Crippen LogP) is 4.16. The summed E-state index contributed by atoms with van der Waals surface area (Å²) in [5, 5.41) is 3.74. The quantitative estimate of drug-likeness (QED) is 0.743. The molecule has 2 rings (SSSR count). The first-order valence-corrected chi connectivity index (χ1v) is 7.04. The molecule has 17 heavy (non-hydrogen) atoms. The molecule has 0 aliphatic heterocycles. The molecule has 1 N–H and O–H groups in total. The molecule has 1 saturated carbocycles. The summed E-state index contributed by atoms with van der Waals surface area (Å²) in [6.45, 7) is 5.79. The van der Waals surface area contributed by atoms with Crippen molar-refractivity contribution in [3.63, 3.8) is 0 Å². The topological polar surface area (TPSA) is 12.0 Å². The minimum Gasteiger partial charge on any atom is -0.310 e. The monoisotopic (exact) mass is 231 g/mol. The van der Waals surface area contributed by atoms with Crippen molar-refractivity contribution in [2.24, 2.45) is 11.8 Å². The van der Waals surface area contributed by atoms with Crippen LogP contribution >= 0.6 is 0 Å². The van der Waals surface area contributed by atoms with Crippen molar-refractivity contribution in [1.82, 2.24) is 5.32 Å². The fourth-order valence-corrected chi connectivity index (χ4v) is 2.36. The van der Waals surface area contributed by atoms with E-state index in [1.165, 1.54) is 37.8 Å². The van der Waals surface area contributed by atoms with Crippen LogP contribution < -0.4 is 5.32 Å². The second-order valence-electron chi connectivity index (χ2n) is 5.78. The Balaban J connectivity index is 1.87. The Morgan fingerprint density at radius 3 is 2.47 bits per heavy atom. The maximum absolute atomic E-state index is 3.74. The largest absolute Gasteiger partial charge is 0.310 e. The van der Waals surface area contributed by atoms with Gasteiger partial charge in [-0.3, -0.25) is 0 Å². The molecule has 1 aliphatic rings. The van der Waals surface area contributed by atoms with Gasteiger partial charge in [-0.05, 0) is 36.8 Å². The minimum atomic E-state index is 0.537. The van der Waals surface area contributed by atoms with E-state index in [9.17, 15) is 0 Å². The van der Waals surface area contributed by atoms with Crippen molar-refractivity contribution in [3.05, 3.63) is 35.9 Å². The first-order valence-electron chi connectivity index (χ1n) is 7.04. The molecule has 1 aliphatic carbocycles. The van der Waals surface area contributed by atoms with Gasteiger partial charge in [0.2, 0.25) is 0 Å². The average Bonchev–Trinajstić information content (AvgIpc) is 3.12. The molecule has 0 amide bonds. The Morgan fingerprint density at radius 2 is 1.88 bits per heavy atom. The number of nitrogens with one attached hydrogen (secondary N) is 1. The Kier molecular flexibility index (Phi) is 4.61. The van der Waals surface area contributed by atoms with E-state index >= 15 is 0 Å². The van der Waals surface area contributed by atoms with E-state index in [4.69, 9.17) is 0 Å². The summed E-state index contributed by atoms with van der Waals surface area (Å²) in [5.41, 5.74) is 1.44. The zero-order valence-electron chi connectivity index (χ0n) is 11.2. The molecule has 0 heterocycles. The van der Waals surface area contributed by atoms with Crippen LogP contribution in [0.3, 0.4) is 0 Å². The van der Waals surface area contributed by atoms with Crippen molar-refractivity contribution in [2.75, 3.05) is 6.54 Å². The van der Waals surface area contributed by atoms with Gasteiger partial charge in [0.15, 0.2) is 0 Å². The fourth-order valence-electron chi connectivity index (χ4n) is 2.36. The van der Waals surface area contributed by atoms with E-state index in [2.05, 4.69) is 49.5 Å². The summed E-state index contributed by atoms with van der Waals surface area (Å²) in [4.78, 5) is 0. The van der Waals surface area contributed by atoms with E-state index in [-0.39, 0.29) is 0 Å². The highest BCUT2D eigenvalue weighted by atomic mass is 14.9. The lowest BCUT2D eigenvalue weighted by molar-refractivity contribution is 0.422. The molecule has 1 aromatic carbocycles. The first-order chi connectivity index (χ1) is 8.25. The second kappa shape index (κ2) is 6.20. The van der Waals surface area contributed by atoms with Crippen LogP contribution in [0.25, 0.3) is 0 Å². The zero-order chi connectivity index (χ0) is 12.1. The molecular formula is C16H25N. The van der Waals surface area contributed by atoms with Gasteiger partial charge in [0.05, 0.1) is 0 Å². The summed E-state index contributed by atoms with van der Waals surface area (Å²) >= 11 is 0. The van der Waals surface area contributed by atoms with Gasteiger partial charge < -0.3 is 5.32 Å². The smallest absolute Gasteiger partial charge is 0.0322 e. The highest BCUT2D eigenvalue weighted by Crippen LogP contribution is 2.32. The van der Waals surface area contributed by atoms with Gasteiger partial charge in [-0.15, -0.1) is 0 Å². The van der Waals surface area contributed by atoms with Crippen LogP contribution in [0, 0.1) is 11.8 Å². The number of benzene rings is 1. The molecule has 0 spiro atoms. The van der Waals surface area contributed by atoms with Crippen molar-refractivity contribution in [2.45, 2.75) is 45.6 Å². The summed E-state index contributed by atoms with van der Waals surface area (Å²) in [7, 11) is 0. The molecule has 1 atom stereocenters. The van der Waals surface area contributed by atoms with Crippen LogP contribution in [0.1, 0.15) is 51.1 Å². The maximum Gasteiger partial charge on any atom is 0.0322 e. The molecule has 1 fully saturated rings. The molecule has 0 aromatic heterocycles. The van der Waals surface area contributed by atoms with Crippen LogP contribution in [-0.2, 0) is 0 Å². The van der Waals surface area contributed by atoms with E-state index in [1.807, 2.05) is 0 Å². The third-order valence-corrected chi connectivity index (χ3v) is 3.55. The van der Waals surface area contributed by atoms with Gasteiger partial charge in [-0.1, -0.05) is 57.0 Å². The normalized spacial score (nSPS) is 17.4. The second-order valence-corrected chi connectivity index (χ2v) is 5.78. The van der Waals surface area contributed by atoms with Crippen molar-refractivity contribution >= 4 is 0 Å². The van der Waals surface area contributed by atoms with Crippen LogP contribution in [0.4, 0.5) is 0 Å².